The molecular weight excluding hydrogens is 316 g/mol. The minimum absolute atomic E-state index is 0.0513. The number of nitriles is 1. The van der Waals surface area contributed by atoms with Crippen molar-refractivity contribution in [3.8, 4) is 11.9 Å². The van der Waals surface area contributed by atoms with E-state index in [1.807, 2.05) is 52.0 Å². The number of aryl methyl sites for hydroxylation is 2. The molecule has 130 valence electrons. The predicted molar refractivity (Wildman–Crippen MR) is 96.9 cm³/mol. The highest BCUT2D eigenvalue weighted by Crippen LogP contribution is 2.30. The van der Waals surface area contributed by atoms with Crippen molar-refractivity contribution in [2.45, 2.75) is 47.1 Å². The number of rotatable bonds is 4. The number of benzene rings is 1. The van der Waals surface area contributed by atoms with Crippen LogP contribution in [0.25, 0.3) is 0 Å². The molecule has 0 spiro atoms. The molecule has 0 fully saturated rings. The van der Waals surface area contributed by atoms with E-state index < -0.39 is 5.56 Å². The van der Waals surface area contributed by atoms with Gasteiger partial charge in [0.25, 0.3) is 5.56 Å². The number of aromatic hydroxyl groups is 1. The smallest absolute Gasteiger partial charge is 0.281 e. The van der Waals surface area contributed by atoms with E-state index in [2.05, 4.69) is 10.2 Å². The van der Waals surface area contributed by atoms with E-state index in [9.17, 15) is 15.2 Å². The van der Waals surface area contributed by atoms with Crippen molar-refractivity contribution in [2.75, 3.05) is 0 Å². The standard InChI is InChI=1S/C19H22N4O2/c1-6-13(4)23-18(24)15(10-20)14(5)17(19(23)25)22-21-16-11(2)8-7-9-12(16)3/h7-9,13,24H,6H2,1-5H3. The Morgan fingerprint density at radius 1 is 1.20 bits per heavy atom. The van der Waals surface area contributed by atoms with Crippen molar-refractivity contribution in [3.63, 3.8) is 0 Å². The lowest BCUT2D eigenvalue weighted by Crippen LogP contribution is -2.24. The molecule has 0 aliphatic rings. The first kappa shape index (κ1) is 18.4. The fraction of sp³-hybridized carbons (Fsp3) is 0.368. The van der Waals surface area contributed by atoms with Crippen LogP contribution in [-0.2, 0) is 0 Å². The first-order valence-electron chi connectivity index (χ1n) is 8.19. The Hall–Kier alpha value is -2.94. The fourth-order valence-electron chi connectivity index (χ4n) is 2.68. The average Bonchev–Trinajstić information content (AvgIpc) is 2.57. The minimum atomic E-state index is -0.446. The summed E-state index contributed by atoms with van der Waals surface area (Å²) < 4.78 is 1.21. The number of pyridine rings is 1. The van der Waals surface area contributed by atoms with Crippen molar-refractivity contribution in [1.82, 2.24) is 4.57 Å². The molecule has 1 aromatic heterocycles. The maximum Gasteiger partial charge on any atom is 0.281 e. The van der Waals surface area contributed by atoms with E-state index in [4.69, 9.17) is 0 Å². The number of azo groups is 1. The first-order valence-corrected chi connectivity index (χ1v) is 8.19. The van der Waals surface area contributed by atoms with Crippen molar-refractivity contribution < 1.29 is 5.11 Å². The molecule has 0 radical (unpaired) electrons. The summed E-state index contributed by atoms with van der Waals surface area (Å²) in [5.41, 5.74) is 2.61. The average molecular weight is 338 g/mol. The van der Waals surface area contributed by atoms with Gasteiger partial charge in [-0.15, -0.1) is 10.2 Å². The molecule has 0 saturated carbocycles. The zero-order valence-corrected chi connectivity index (χ0v) is 15.2. The Morgan fingerprint density at radius 3 is 2.28 bits per heavy atom. The fourth-order valence-corrected chi connectivity index (χ4v) is 2.68. The van der Waals surface area contributed by atoms with E-state index >= 15 is 0 Å². The van der Waals surface area contributed by atoms with Crippen LogP contribution in [0.2, 0.25) is 0 Å². The van der Waals surface area contributed by atoms with Gasteiger partial charge in [0, 0.05) is 11.6 Å². The Bertz CT molecular complexity index is 916. The van der Waals surface area contributed by atoms with E-state index in [1.165, 1.54) is 4.57 Å². The minimum Gasteiger partial charge on any atom is -0.493 e. The third kappa shape index (κ3) is 3.31. The zero-order chi connectivity index (χ0) is 18.7. The molecule has 0 amide bonds. The maximum atomic E-state index is 12.8. The molecule has 1 atom stereocenters. The van der Waals surface area contributed by atoms with Crippen LogP contribution in [0.1, 0.15) is 48.6 Å². The molecule has 0 aliphatic heterocycles. The van der Waals surface area contributed by atoms with Gasteiger partial charge in [-0.25, -0.2) is 0 Å². The quantitative estimate of drug-likeness (QED) is 0.816. The molecule has 1 heterocycles. The van der Waals surface area contributed by atoms with Gasteiger partial charge in [0.2, 0.25) is 5.88 Å². The Morgan fingerprint density at radius 2 is 1.76 bits per heavy atom. The monoisotopic (exact) mass is 338 g/mol. The highest BCUT2D eigenvalue weighted by Gasteiger charge is 2.21. The van der Waals surface area contributed by atoms with Crippen LogP contribution < -0.4 is 5.56 Å². The van der Waals surface area contributed by atoms with Gasteiger partial charge in [-0.2, -0.15) is 5.26 Å². The van der Waals surface area contributed by atoms with Gasteiger partial charge in [0.05, 0.1) is 5.69 Å². The maximum absolute atomic E-state index is 12.8. The summed E-state index contributed by atoms with van der Waals surface area (Å²) in [4.78, 5) is 12.8. The molecule has 0 aliphatic carbocycles. The van der Waals surface area contributed by atoms with E-state index in [0.717, 1.165) is 11.1 Å². The summed E-state index contributed by atoms with van der Waals surface area (Å²) >= 11 is 0. The van der Waals surface area contributed by atoms with Crippen LogP contribution >= 0.6 is 0 Å². The molecule has 6 heteroatoms. The van der Waals surface area contributed by atoms with Gasteiger partial charge in [-0.1, -0.05) is 25.1 Å². The molecule has 1 unspecified atom stereocenters. The molecular formula is C19H22N4O2. The molecule has 1 N–H and O–H groups in total. The Kier molecular flexibility index (Phi) is 5.38. The topological polar surface area (TPSA) is 90.7 Å². The third-order valence-electron chi connectivity index (χ3n) is 4.44. The molecule has 1 aromatic carbocycles. The van der Waals surface area contributed by atoms with E-state index in [0.29, 0.717) is 17.7 Å². The van der Waals surface area contributed by atoms with Crippen LogP contribution in [-0.4, -0.2) is 9.67 Å². The largest absolute Gasteiger partial charge is 0.493 e. The highest BCUT2D eigenvalue weighted by atomic mass is 16.3. The van der Waals surface area contributed by atoms with Crippen LogP contribution in [0.4, 0.5) is 11.4 Å². The zero-order valence-electron chi connectivity index (χ0n) is 15.2. The van der Waals surface area contributed by atoms with Crippen molar-refractivity contribution >= 4 is 11.4 Å². The lowest BCUT2D eigenvalue weighted by molar-refractivity contribution is 0.372. The number of hydrogen-bond acceptors (Lipinski definition) is 5. The second-order valence-electron chi connectivity index (χ2n) is 6.16. The van der Waals surface area contributed by atoms with Gasteiger partial charge in [0.1, 0.15) is 11.6 Å². The lowest BCUT2D eigenvalue weighted by Gasteiger charge is -2.17. The van der Waals surface area contributed by atoms with Gasteiger partial charge < -0.3 is 5.11 Å². The first-order chi connectivity index (χ1) is 11.8. The van der Waals surface area contributed by atoms with Crippen molar-refractivity contribution in [2.24, 2.45) is 10.2 Å². The van der Waals surface area contributed by atoms with Crippen molar-refractivity contribution in [3.05, 3.63) is 50.8 Å². The summed E-state index contributed by atoms with van der Waals surface area (Å²) in [6, 6.07) is 7.47. The SMILES string of the molecule is CCC(C)n1c(O)c(C#N)c(C)c(N=Nc2c(C)cccc2C)c1=O. The lowest BCUT2D eigenvalue weighted by atomic mass is 10.1. The summed E-state index contributed by atoms with van der Waals surface area (Å²) in [5, 5.41) is 28.1. The summed E-state index contributed by atoms with van der Waals surface area (Å²) in [6.07, 6.45) is 0.634. The van der Waals surface area contributed by atoms with Crippen LogP contribution in [0.3, 0.4) is 0 Å². The highest BCUT2D eigenvalue weighted by molar-refractivity contribution is 5.57. The number of aromatic nitrogens is 1. The van der Waals surface area contributed by atoms with Gasteiger partial charge in [0.15, 0.2) is 5.69 Å². The normalized spacial score (nSPS) is 12.3. The molecule has 25 heavy (non-hydrogen) atoms. The Balaban J connectivity index is 2.72. The van der Waals surface area contributed by atoms with E-state index in [1.54, 1.807) is 6.92 Å². The van der Waals surface area contributed by atoms with Crippen LogP contribution in [0.15, 0.2) is 33.2 Å². The summed E-state index contributed by atoms with van der Waals surface area (Å²) in [5.74, 6) is -0.314. The van der Waals surface area contributed by atoms with Gasteiger partial charge in [-0.05, 0) is 45.2 Å². The Labute approximate surface area is 147 Å². The summed E-state index contributed by atoms with van der Waals surface area (Å²) in [7, 11) is 0. The predicted octanol–water partition coefficient (Wildman–Crippen LogP) is 4.74. The number of nitrogens with zero attached hydrogens (tertiary/aromatic N) is 4. The van der Waals surface area contributed by atoms with Gasteiger partial charge >= 0.3 is 0 Å². The molecule has 2 rings (SSSR count). The van der Waals surface area contributed by atoms with Gasteiger partial charge in [-0.3, -0.25) is 9.36 Å². The molecule has 6 nitrogen and oxygen atoms in total. The molecule has 2 aromatic rings. The second-order valence-corrected chi connectivity index (χ2v) is 6.16. The second kappa shape index (κ2) is 7.31. The van der Waals surface area contributed by atoms with Crippen molar-refractivity contribution in [1.29, 1.82) is 5.26 Å². The molecule has 0 bridgehead atoms. The van der Waals surface area contributed by atoms with E-state index in [-0.39, 0.29) is 23.2 Å². The third-order valence-corrected chi connectivity index (χ3v) is 4.44. The number of hydrogen-bond donors (Lipinski definition) is 1. The molecule has 0 saturated heterocycles. The van der Waals surface area contributed by atoms with Crippen LogP contribution in [0, 0.1) is 32.1 Å². The summed E-state index contributed by atoms with van der Waals surface area (Å²) in [6.45, 7) is 9.15. The van der Waals surface area contributed by atoms with Crippen LogP contribution in [0.5, 0.6) is 5.88 Å².